The van der Waals surface area contributed by atoms with E-state index in [9.17, 15) is 8.42 Å². The van der Waals surface area contributed by atoms with E-state index in [1.54, 1.807) is 12.1 Å². The smallest absolute Gasteiger partial charge is 0.241 e. The summed E-state index contributed by atoms with van der Waals surface area (Å²) in [5.74, 6) is 0. The van der Waals surface area contributed by atoms with Crippen molar-refractivity contribution in [2.24, 2.45) is 5.73 Å². The fourth-order valence-corrected chi connectivity index (χ4v) is 4.58. The molecule has 1 saturated carbocycles. The van der Waals surface area contributed by atoms with Gasteiger partial charge in [0, 0.05) is 12.1 Å². The van der Waals surface area contributed by atoms with Crippen LogP contribution in [0, 0.1) is 0 Å². The minimum Gasteiger partial charge on any atom is -0.329 e. The van der Waals surface area contributed by atoms with Crippen molar-refractivity contribution in [3.63, 3.8) is 0 Å². The summed E-state index contributed by atoms with van der Waals surface area (Å²) in [6.07, 6.45) is 3.68. The van der Waals surface area contributed by atoms with Crippen LogP contribution in [0.3, 0.4) is 0 Å². The molecule has 2 aromatic rings. The molecule has 1 fully saturated rings. The lowest BCUT2D eigenvalue weighted by molar-refractivity contribution is 0.399. The van der Waals surface area contributed by atoms with E-state index in [1.807, 2.05) is 30.3 Å². The van der Waals surface area contributed by atoms with Gasteiger partial charge in [-0.15, -0.1) is 0 Å². The molecule has 112 valence electrons. The summed E-state index contributed by atoms with van der Waals surface area (Å²) >= 11 is 0. The average molecular weight is 304 g/mol. The minimum absolute atomic E-state index is 0.306. The Labute approximate surface area is 125 Å². The molecule has 21 heavy (non-hydrogen) atoms. The van der Waals surface area contributed by atoms with E-state index < -0.39 is 15.6 Å². The van der Waals surface area contributed by atoms with Crippen LogP contribution in [0.25, 0.3) is 10.8 Å². The topological polar surface area (TPSA) is 72.2 Å². The third kappa shape index (κ3) is 2.81. The standard InChI is InChI=1S/C16H20N2O2S/c17-12-16(9-3-4-10-16)18-21(19,20)15-8-7-13-5-1-2-6-14(13)11-15/h1-2,5-8,11,18H,3-4,9-10,12,17H2. The maximum atomic E-state index is 12.6. The van der Waals surface area contributed by atoms with Crippen molar-refractivity contribution in [1.82, 2.24) is 4.72 Å². The van der Waals surface area contributed by atoms with Crippen LogP contribution in [0.2, 0.25) is 0 Å². The van der Waals surface area contributed by atoms with Crippen LogP contribution in [0.5, 0.6) is 0 Å². The summed E-state index contributed by atoms with van der Waals surface area (Å²) in [5.41, 5.74) is 5.35. The van der Waals surface area contributed by atoms with Crippen molar-refractivity contribution < 1.29 is 8.42 Å². The maximum absolute atomic E-state index is 12.6. The molecule has 0 atom stereocenters. The summed E-state index contributed by atoms with van der Waals surface area (Å²) in [6, 6.07) is 13.0. The van der Waals surface area contributed by atoms with Gasteiger partial charge >= 0.3 is 0 Å². The molecule has 0 unspecified atom stereocenters. The fraction of sp³-hybridized carbons (Fsp3) is 0.375. The highest BCUT2D eigenvalue weighted by molar-refractivity contribution is 7.89. The Morgan fingerprint density at radius 2 is 1.71 bits per heavy atom. The number of sulfonamides is 1. The van der Waals surface area contributed by atoms with E-state index in [2.05, 4.69) is 4.72 Å². The number of nitrogens with one attached hydrogen (secondary N) is 1. The van der Waals surface area contributed by atoms with Crippen LogP contribution < -0.4 is 10.5 Å². The molecule has 0 amide bonds. The highest BCUT2D eigenvalue weighted by Gasteiger charge is 2.36. The van der Waals surface area contributed by atoms with E-state index >= 15 is 0 Å². The Balaban J connectivity index is 1.96. The molecular weight excluding hydrogens is 284 g/mol. The quantitative estimate of drug-likeness (QED) is 0.911. The van der Waals surface area contributed by atoms with E-state index in [0.29, 0.717) is 11.4 Å². The number of nitrogens with two attached hydrogens (primary N) is 1. The molecule has 0 bridgehead atoms. The molecule has 0 heterocycles. The second-order valence-electron chi connectivity index (χ2n) is 5.81. The summed E-state index contributed by atoms with van der Waals surface area (Å²) in [7, 11) is -3.54. The molecule has 2 aromatic carbocycles. The SMILES string of the molecule is NCC1(NS(=O)(=O)c2ccc3ccccc3c2)CCCC1. The molecular formula is C16H20N2O2S. The molecule has 1 aliphatic rings. The van der Waals surface area contributed by atoms with Gasteiger partial charge in [0.2, 0.25) is 10.0 Å². The second-order valence-corrected chi connectivity index (χ2v) is 7.49. The second kappa shape index (κ2) is 5.40. The summed E-state index contributed by atoms with van der Waals surface area (Å²) in [6.45, 7) is 0.347. The van der Waals surface area contributed by atoms with Gasteiger partial charge in [0.15, 0.2) is 0 Å². The van der Waals surface area contributed by atoms with Gasteiger partial charge < -0.3 is 5.73 Å². The number of rotatable bonds is 4. The van der Waals surface area contributed by atoms with Gasteiger partial charge in [-0.3, -0.25) is 0 Å². The number of hydrogen-bond donors (Lipinski definition) is 2. The predicted molar refractivity (Wildman–Crippen MR) is 84.5 cm³/mol. The molecule has 3 rings (SSSR count). The molecule has 5 heteroatoms. The first kappa shape index (κ1) is 14.5. The van der Waals surface area contributed by atoms with Crippen LogP contribution in [-0.2, 0) is 10.0 Å². The highest BCUT2D eigenvalue weighted by atomic mass is 32.2. The Morgan fingerprint density at radius 1 is 1.05 bits per heavy atom. The first-order chi connectivity index (χ1) is 10.0. The van der Waals surface area contributed by atoms with Crippen molar-refractivity contribution in [3.05, 3.63) is 42.5 Å². The Morgan fingerprint density at radius 3 is 2.38 bits per heavy atom. The molecule has 0 aliphatic heterocycles. The average Bonchev–Trinajstić information content (AvgIpc) is 2.95. The van der Waals surface area contributed by atoms with Gasteiger partial charge in [0.05, 0.1) is 4.90 Å². The van der Waals surface area contributed by atoms with Crippen molar-refractivity contribution in [3.8, 4) is 0 Å². The molecule has 0 saturated heterocycles. The van der Waals surface area contributed by atoms with Crippen molar-refractivity contribution in [2.75, 3.05) is 6.54 Å². The van der Waals surface area contributed by atoms with Gasteiger partial charge in [-0.1, -0.05) is 43.2 Å². The zero-order valence-corrected chi connectivity index (χ0v) is 12.7. The normalized spacial score (nSPS) is 18.1. The number of hydrogen-bond acceptors (Lipinski definition) is 3. The molecule has 0 aromatic heterocycles. The van der Waals surface area contributed by atoms with E-state index in [-0.39, 0.29) is 0 Å². The first-order valence-corrected chi connectivity index (χ1v) is 8.76. The molecule has 0 radical (unpaired) electrons. The summed E-state index contributed by atoms with van der Waals surface area (Å²) in [4.78, 5) is 0.306. The van der Waals surface area contributed by atoms with Crippen molar-refractivity contribution in [1.29, 1.82) is 0 Å². The van der Waals surface area contributed by atoms with E-state index in [1.165, 1.54) is 0 Å². The minimum atomic E-state index is -3.54. The monoisotopic (exact) mass is 304 g/mol. The molecule has 0 spiro atoms. The Bertz CT molecular complexity index is 750. The Kier molecular flexibility index (Phi) is 3.73. The molecule has 4 nitrogen and oxygen atoms in total. The third-order valence-corrected chi connectivity index (χ3v) is 5.91. The molecule has 1 aliphatic carbocycles. The Hall–Kier alpha value is -1.43. The van der Waals surface area contributed by atoms with Gasteiger partial charge in [-0.25, -0.2) is 13.1 Å². The van der Waals surface area contributed by atoms with Gasteiger partial charge in [-0.2, -0.15) is 0 Å². The summed E-state index contributed by atoms with van der Waals surface area (Å²) in [5, 5.41) is 1.96. The number of benzene rings is 2. The summed E-state index contributed by atoms with van der Waals surface area (Å²) < 4.78 is 28.1. The lowest BCUT2D eigenvalue weighted by Crippen LogP contribution is -2.51. The van der Waals surface area contributed by atoms with Crippen LogP contribution in [0.4, 0.5) is 0 Å². The lowest BCUT2D eigenvalue weighted by Gasteiger charge is -2.28. The highest BCUT2D eigenvalue weighted by Crippen LogP contribution is 2.30. The zero-order valence-electron chi connectivity index (χ0n) is 11.9. The van der Waals surface area contributed by atoms with Crippen molar-refractivity contribution in [2.45, 2.75) is 36.1 Å². The maximum Gasteiger partial charge on any atom is 0.241 e. The van der Waals surface area contributed by atoms with Crippen LogP contribution in [0.1, 0.15) is 25.7 Å². The third-order valence-electron chi connectivity index (χ3n) is 4.33. The van der Waals surface area contributed by atoms with Gasteiger partial charge in [-0.05, 0) is 35.7 Å². The number of fused-ring (bicyclic) bond motifs is 1. The van der Waals surface area contributed by atoms with E-state index in [4.69, 9.17) is 5.73 Å². The van der Waals surface area contributed by atoms with Crippen LogP contribution in [-0.4, -0.2) is 20.5 Å². The van der Waals surface area contributed by atoms with Gasteiger partial charge in [0.1, 0.15) is 0 Å². The zero-order chi connectivity index (χ0) is 14.9. The van der Waals surface area contributed by atoms with E-state index in [0.717, 1.165) is 36.5 Å². The van der Waals surface area contributed by atoms with Crippen LogP contribution >= 0.6 is 0 Å². The largest absolute Gasteiger partial charge is 0.329 e. The fourth-order valence-electron chi connectivity index (χ4n) is 3.08. The molecule has 3 N–H and O–H groups in total. The predicted octanol–water partition coefficient (Wildman–Crippen LogP) is 2.39. The van der Waals surface area contributed by atoms with Crippen LogP contribution in [0.15, 0.2) is 47.4 Å². The lowest BCUT2D eigenvalue weighted by atomic mass is 10.0. The van der Waals surface area contributed by atoms with Crippen molar-refractivity contribution >= 4 is 20.8 Å². The first-order valence-electron chi connectivity index (χ1n) is 7.28. The van der Waals surface area contributed by atoms with Gasteiger partial charge in [0.25, 0.3) is 0 Å².